The summed E-state index contributed by atoms with van der Waals surface area (Å²) in [5, 5.41) is 5.81. The molecule has 8 aromatic carbocycles. The van der Waals surface area contributed by atoms with Gasteiger partial charge in [-0.15, -0.1) is 9.13 Å². The highest BCUT2D eigenvalue weighted by molar-refractivity contribution is 7.25. The van der Waals surface area contributed by atoms with Crippen LogP contribution in [-0.4, -0.2) is 47.8 Å². The Morgan fingerprint density at radius 3 is 1.26 bits per heavy atom. The van der Waals surface area contributed by atoms with Crippen LogP contribution in [0.5, 0.6) is 0 Å². The predicted molar refractivity (Wildman–Crippen MR) is 443 cm³/mol. The lowest BCUT2D eigenvalue weighted by Crippen LogP contribution is -2.31. The van der Waals surface area contributed by atoms with Crippen molar-refractivity contribution in [1.29, 1.82) is 0 Å². The Hall–Kier alpha value is -15.0. The highest BCUT2D eigenvalue weighted by Gasteiger charge is 2.43. The summed E-state index contributed by atoms with van der Waals surface area (Å²) in [6, 6.07) is 82.5. The quantitative estimate of drug-likeness (QED) is 0.157. The summed E-state index contributed by atoms with van der Waals surface area (Å²) in [7, 11) is 2.16. The van der Waals surface area contributed by atoms with Crippen LogP contribution in [-0.2, 0) is 46.7 Å². The lowest BCUT2D eigenvalue weighted by atomic mass is 10.1. The average Bonchev–Trinajstić information content (AvgIpc) is 1.53. The van der Waals surface area contributed by atoms with Crippen molar-refractivity contribution in [3.05, 3.63) is 332 Å². The molecule has 20 heterocycles. The number of oxazole rings is 3. The molecule has 19 nitrogen and oxygen atoms in total. The highest BCUT2D eigenvalue weighted by Crippen LogP contribution is 2.44. The standard InChI is InChI=1S/2C22H17N4.C21H14N3O.C15H9N2O2.C15H9N2OS/c2*1-24-19-10-6-5-9-18(19)20-22(24)26(16-7-3-2-4-8-16)21-17-11-12-23-13-15(17)14-25(20)21;1-2-6-15(7-3-1)24-18-9-5-4-8-17(18)19-21(24)25-20-16-10-11-22-12-14(16)13-23(19)20;1-2-4-12-11(3-1)13-15(18-12)19-14-10-5-6-16-7-9(10)8-17(13)14;1-2-4-12-11(3-1)13-15(19-12)18-14-10-5-6-16-7-9(10)8-17(13)14/h2*2-13H,14H2,1H3;1-12H,13H2;2*1-7H,8H2/q5*+1/i1D3;;;;. The van der Waals surface area contributed by atoms with Gasteiger partial charge in [0, 0.05) is 102 Å². The van der Waals surface area contributed by atoms with Gasteiger partial charge in [0.2, 0.25) is 11.0 Å². The molecule has 0 aliphatic carbocycles. The third-order valence-electron chi connectivity index (χ3n) is 23.1. The van der Waals surface area contributed by atoms with E-state index in [-0.39, 0.29) is 0 Å². The lowest BCUT2D eigenvalue weighted by molar-refractivity contribution is -0.648. The number of fused-ring (bicyclic) bond motifs is 35. The van der Waals surface area contributed by atoms with Gasteiger partial charge >= 0.3 is 29.0 Å². The van der Waals surface area contributed by atoms with Crippen LogP contribution < -0.4 is 22.8 Å². The van der Waals surface area contributed by atoms with E-state index in [1.807, 2.05) is 153 Å². The van der Waals surface area contributed by atoms with Gasteiger partial charge < -0.3 is 26.8 Å². The van der Waals surface area contributed by atoms with Gasteiger partial charge in [-0.1, -0.05) is 127 Å². The van der Waals surface area contributed by atoms with Gasteiger partial charge in [0.25, 0.3) is 44.6 Å². The summed E-state index contributed by atoms with van der Waals surface area (Å²) in [6.07, 6.45) is 18.8. The van der Waals surface area contributed by atoms with E-state index in [2.05, 4.69) is 213 Å². The summed E-state index contributed by atoms with van der Waals surface area (Å²) in [5.74, 6) is 5.56. The van der Waals surface area contributed by atoms with E-state index >= 15 is 0 Å². The van der Waals surface area contributed by atoms with E-state index in [0.717, 1.165) is 132 Å². The van der Waals surface area contributed by atoms with Crippen molar-refractivity contribution < 1.29 is 44.6 Å². The lowest BCUT2D eigenvalue weighted by Gasteiger charge is -2.04. The van der Waals surface area contributed by atoms with Gasteiger partial charge in [-0.05, 0) is 127 Å². The van der Waals surface area contributed by atoms with Crippen molar-refractivity contribution in [3.8, 4) is 74.2 Å². The van der Waals surface area contributed by atoms with Crippen LogP contribution in [0.1, 0.15) is 31.9 Å². The largest absolute Gasteiger partial charge is 0.420 e. The number of aryl methyl sites for hydroxylation is 2. The van der Waals surface area contributed by atoms with Gasteiger partial charge in [0.05, 0.1) is 88.0 Å². The maximum absolute atomic E-state index is 8.28. The molecule has 0 bridgehead atoms. The number of furan rings is 1. The number of benzene rings is 8. The zero-order valence-corrected chi connectivity index (χ0v) is 62.5. The fraction of sp³-hybridized carbons (Fsp3) is 0.0737. The number of pyridine rings is 5. The molecule has 0 fully saturated rings. The van der Waals surface area contributed by atoms with Crippen LogP contribution in [0.2, 0.25) is 0 Å². The molecule has 20 heteroatoms. The van der Waals surface area contributed by atoms with Crippen LogP contribution >= 0.6 is 11.3 Å². The zero-order chi connectivity index (χ0) is 78.2. The molecule has 0 unspecified atom stereocenters. The molecular weight excluding hydrogens is 1450 g/mol. The first-order chi connectivity index (χ1) is 58.1. The molecule has 0 saturated carbocycles. The molecule has 0 spiro atoms. The molecule has 5 aliphatic rings. The molecule has 23 aromatic rings. The Kier molecular flexibility index (Phi) is 13.6. The topological polar surface area (TPSA) is 161 Å². The minimum absolute atomic E-state index is 0.596. The van der Waals surface area contributed by atoms with Crippen LogP contribution in [0.3, 0.4) is 0 Å². The highest BCUT2D eigenvalue weighted by atomic mass is 32.1. The summed E-state index contributed by atoms with van der Waals surface area (Å²) in [5.41, 5.74) is 27.5. The molecule has 0 amide bonds. The smallest absolute Gasteiger partial charge is 0.385 e. The molecular formula is C95H66N15O4S+5. The number of aromatic nitrogens is 15. The van der Waals surface area contributed by atoms with E-state index in [1.165, 1.54) is 92.5 Å². The molecule has 15 aromatic heterocycles. The average molecular weight is 1520 g/mol. The zero-order valence-electron chi connectivity index (χ0n) is 64.7. The first-order valence-electron chi connectivity index (χ1n) is 39.7. The number of rotatable bonds is 3. The van der Waals surface area contributed by atoms with Crippen LogP contribution in [0, 0.1) is 0 Å². The second-order valence-electron chi connectivity index (χ2n) is 29.4. The van der Waals surface area contributed by atoms with Crippen molar-refractivity contribution in [3.63, 3.8) is 0 Å². The first-order valence-corrected chi connectivity index (χ1v) is 39.0. The summed E-state index contributed by atoms with van der Waals surface area (Å²) in [4.78, 5) is 22.3. The fourth-order valence-electron chi connectivity index (χ4n) is 18.2. The van der Waals surface area contributed by atoms with Gasteiger partial charge in [0.15, 0.2) is 19.6 Å². The number of thiophene rings is 1. The Bertz CT molecular complexity index is 7920. The van der Waals surface area contributed by atoms with Crippen molar-refractivity contribution in [2.24, 2.45) is 14.0 Å². The molecule has 5 aliphatic heterocycles. The van der Waals surface area contributed by atoms with E-state index in [9.17, 15) is 0 Å². The summed E-state index contributed by atoms with van der Waals surface area (Å²) in [6.45, 7) is 1.67. The molecule has 0 radical (unpaired) electrons. The van der Waals surface area contributed by atoms with Gasteiger partial charge in [0.1, 0.15) is 30.0 Å². The molecule has 0 atom stereocenters. The van der Waals surface area contributed by atoms with Gasteiger partial charge in [-0.2, -0.15) is 13.7 Å². The number of hydrogen-bond acceptors (Lipinski definition) is 10. The number of para-hydroxylation sites is 7. The van der Waals surface area contributed by atoms with Crippen LogP contribution in [0.25, 0.3) is 183 Å². The molecule has 28 rings (SSSR count). The molecule has 0 N–H and O–H groups in total. The number of imidazole rings is 2. The second-order valence-corrected chi connectivity index (χ2v) is 30.4. The van der Waals surface area contributed by atoms with E-state index in [0.29, 0.717) is 23.5 Å². The minimum atomic E-state index is -2.30. The van der Waals surface area contributed by atoms with Crippen molar-refractivity contribution >= 4 is 120 Å². The summed E-state index contributed by atoms with van der Waals surface area (Å²) >= 11 is 1.72. The summed E-state index contributed by atoms with van der Waals surface area (Å²) < 4.78 is 72.1. The Balaban J connectivity index is 0.0000000850. The van der Waals surface area contributed by atoms with Gasteiger partial charge in [-0.3, -0.25) is 29.5 Å². The maximum atomic E-state index is 8.28. The molecule has 0 saturated heterocycles. The van der Waals surface area contributed by atoms with E-state index < -0.39 is 6.98 Å². The number of hydrogen-bond donors (Lipinski definition) is 0. The maximum Gasteiger partial charge on any atom is 0.385 e. The third kappa shape index (κ3) is 9.63. The van der Waals surface area contributed by atoms with Crippen LogP contribution in [0.4, 0.5) is 0 Å². The fourth-order valence-corrected chi connectivity index (χ4v) is 19.3. The predicted octanol–water partition coefficient (Wildman–Crippen LogP) is 18.0. The van der Waals surface area contributed by atoms with Crippen molar-refractivity contribution in [2.45, 2.75) is 32.7 Å². The Morgan fingerprint density at radius 2 is 0.722 bits per heavy atom. The molecule has 546 valence electrons. The third-order valence-corrected chi connectivity index (χ3v) is 24.2. The SMILES string of the molecule is Cn1c2ccccc2c2c1n(-c1ccccc1)c1[n+]2Cc2cnccc2-1.[2H]C([2H])([2H])n1c2ccccc2c2c1n(-c1ccccc1)c1[n+]2Cc2cnccc2-1.c1ccc(-n2c3ccccc3c3c2oc2[n+]3Cc3cnccc3-2)cc1.c1ccc2c(c1)oc1oc3[n+](c12)Cc1cnccc1-3.c1ccc2c(c1)sc1oc3[n+](c12)Cc1cnccc1-3. The van der Waals surface area contributed by atoms with Crippen molar-refractivity contribution in [1.82, 2.24) is 47.8 Å². The monoisotopic (exact) mass is 1520 g/mol. The van der Waals surface area contributed by atoms with E-state index in [4.69, 9.17) is 21.8 Å². The Labute approximate surface area is 662 Å². The van der Waals surface area contributed by atoms with Crippen molar-refractivity contribution in [2.75, 3.05) is 0 Å². The Morgan fingerprint density at radius 1 is 0.330 bits per heavy atom. The first kappa shape index (κ1) is 61.7. The van der Waals surface area contributed by atoms with Gasteiger partial charge in [-0.25, -0.2) is 9.13 Å². The number of nitrogens with zero attached hydrogens (tertiary/aromatic N) is 15. The normalized spacial score (nSPS) is 13.3. The molecule has 115 heavy (non-hydrogen) atoms. The van der Waals surface area contributed by atoms with Crippen LogP contribution in [0.15, 0.2) is 322 Å². The van der Waals surface area contributed by atoms with E-state index in [1.54, 1.807) is 23.7 Å². The minimum Gasteiger partial charge on any atom is -0.420 e. The second kappa shape index (κ2) is 25.3.